The number of rotatable bonds is 4. The van der Waals surface area contributed by atoms with Crippen LogP contribution in [0.5, 0.6) is 0 Å². The fourth-order valence-corrected chi connectivity index (χ4v) is 4.28. The number of H-pyrrole nitrogens is 1. The molecule has 4 N–H and O–H groups in total. The number of amides is 1. The first-order valence-corrected chi connectivity index (χ1v) is 11.9. The minimum atomic E-state index is -0.721. The van der Waals surface area contributed by atoms with E-state index in [1.165, 1.54) is 9.08 Å². The first kappa shape index (κ1) is 23.6. The number of benzene rings is 1. The number of nitrogens with zero attached hydrogens (tertiary/aromatic N) is 8. The number of nitrogen functional groups attached to an aromatic ring is 1. The molecule has 5 aromatic heterocycles. The van der Waals surface area contributed by atoms with E-state index in [1.54, 1.807) is 61.6 Å². The Morgan fingerprint density at radius 1 is 1.18 bits per heavy atom. The highest BCUT2D eigenvalue weighted by molar-refractivity contribution is 6.04. The Balaban J connectivity index is 1.45. The number of para-hydroxylation sites is 1. The molecule has 1 amide bonds. The van der Waals surface area contributed by atoms with Crippen molar-refractivity contribution in [2.75, 3.05) is 5.73 Å². The van der Waals surface area contributed by atoms with Gasteiger partial charge in [-0.15, -0.1) is 5.10 Å². The Labute approximate surface area is 220 Å². The van der Waals surface area contributed by atoms with Gasteiger partial charge in [-0.25, -0.2) is 14.5 Å². The summed E-state index contributed by atoms with van der Waals surface area (Å²) in [4.78, 5) is 36.1. The molecule has 6 aromatic rings. The van der Waals surface area contributed by atoms with Crippen molar-refractivity contribution in [2.45, 2.75) is 13.0 Å². The summed E-state index contributed by atoms with van der Waals surface area (Å²) in [5.41, 5.74) is 7.83. The molecule has 0 saturated carbocycles. The average Bonchev–Trinajstić information content (AvgIpc) is 3.63. The van der Waals surface area contributed by atoms with Crippen LogP contribution in [0.3, 0.4) is 0 Å². The number of anilines is 1. The summed E-state index contributed by atoms with van der Waals surface area (Å²) in [5.74, 6) is 5.72. The lowest BCUT2D eigenvalue weighted by atomic mass is 10.2. The van der Waals surface area contributed by atoms with Crippen molar-refractivity contribution in [1.82, 2.24) is 49.4 Å². The van der Waals surface area contributed by atoms with E-state index >= 15 is 0 Å². The zero-order chi connectivity index (χ0) is 27.1. The van der Waals surface area contributed by atoms with Crippen LogP contribution in [-0.4, -0.2) is 50.0 Å². The lowest BCUT2D eigenvalue weighted by Crippen LogP contribution is -2.33. The van der Waals surface area contributed by atoms with Crippen molar-refractivity contribution >= 4 is 28.4 Å². The Morgan fingerprint density at radius 2 is 2.00 bits per heavy atom. The van der Waals surface area contributed by atoms with Gasteiger partial charge >= 0.3 is 0 Å². The van der Waals surface area contributed by atoms with Gasteiger partial charge in [-0.05, 0) is 31.0 Å². The lowest BCUT2D eigenvalue weighted by Gasteiger charge is -2.18. The number of hydrogen-bond donors (Lipinski definition) is 3. The summed E-state index contributed by atoms with van der Waals surface area (Å²) in [5, 5.41) is 18.4. The molecule has 192 valence electrons. The summed E-state index contributed by atoms with van der Waals surface area (Å²) in [6.45, 7) is 1.72. The Bertz CT molecular complexity index is 1990. The molecular formula is C26H21N11O2. The Kier molecular flexibility index (Phi) is 5.61. The summed E-state index contributed by atoms with van der Waals surface area (Å²) in [7, 11) is 1.79. The average molecular weight is 520 g/mol. The van der Waals surface area contributed by atoms with Crippen LogP contribution in [-0.2, 0) is 7.05 Å². The molecule has 5 heterocycles. The maximum Gasteiger partial charge on any atom is 0.270 e. The molecule has 0 bridgehead atoms. The van der Waals surface area contributed by atoms with Gasteiger partial charge in [-0.3, -0.25) is 23.9 Å². The number of aromatic amines is 1. The van der Waals surface area contributed by atoms with Crippen LogP contribution in [0.1, 0.15) is 40.4 Å². The minimum Gasteiger partial charge on any atom is -0.381 e. The minimum absolute atomic E-state index is 0.0349. The number of hydrogen-bond acceptors (Lipinski definition) is 8. The summed E-state index contributed by atoms with van der Waals surface area (Å²) in [6.07, 6.45) is 6.58. The van der Waals surface area contributed by atoms with E-state index in [-0.39, 0.29) is 39.5 Å². The predicted molar refractivity (Wildman–Crippen MR) is 142 cm³/mol. The number of nitrogens with two attached hydrogens (primary N) is 1. The molecule has 0 saturated heterocycles. The second-order valence-corrected chi connectivity index (χ2v) is 8.74. The monoisotopic (exact) mass is 519 g/mol. The van der Waals surface area contributed by atoms with Crippen LogP contribution in [0.4, 0.5) is 5.82 Å². The zero-order valence-electron chi connectivity index (χ0n) is 20.8. The highest BCUT2D eigenvalue weighted by Gasteiger charge is 2.25. The molecule has 39 heavy (non-hydrogen) atoms. The Hall–Kier alpha value is -5.77. The summed E-state index contributed by atoms with van der Waals surface area (Å²) in [6, 6.07) is 9.98. The second kappa shape index (κ2) is 9.27. The van der Waals surface area contributed by atoms with Gasteiger partial charge < -0.3 is 11.1 Å². The molecule has 0 aliphatic heterocycles. The smallest absolute Gasteiger partial charge is 0.270 e. The number of carbonyl (C=O) groups excluding carboxylic acids is 1. The number of aromatic nitrogens is 9. The number of aryl methyl sites for hydroxylation is 1. The van der Waals surface area contributed by atoms with Gasteiger partial charge in [0.1, 0.15) is 16.8 Å². The molecule has 0 aliphatic rings. The van der Waals surface area contributed by atoms with E-state index in [1.807, 2.05) is 18.2 Å². The summed E-state index contributed by atoms with van der Waals surface area (Å²) >= 11 is 0. The predicted octanol–water partition coefficient (Wildman–Crippen LogP) is 1.36. The first-order valence-electron chi connectivity index (χ1n) is 11.9. The molecule has 0 radical (unpaired) electrons. The van der Waals surface area contributed by atoms with E-state index in [2.05, 4.69) is 47.5 Å². The van der Waals surface area contributed by atoms with Crippen LogP contribution in [0.25, 0.3) is 22.4 Å². The van der Waals surface area contributed by atoms with E-state index in [0.717, 1.165) is 0 Å². The van der Waals surface area contributed by atoms with Crippen LogP contribution >= 0.6 is 0 Å². The number of carbonyl (C=O) groups is 1. The standard InChI is InChI=1S/C26H21N11O2/c1-15(30-25(38)20-21(27)34-36-12-6-11-28-24(20)36)23-31-22-19(26(39)37(23)17-7-4-3-5-8-17)18(32-33-22)10-9-16-13-29-35(2)14-16/h3-8,11-15H,1-2H3,(H2,27,34)(H,30,38)(H,32,33)/t15-/m0/s1. The van der Waals surface area contributed by atoms with E-state index < -0.39 is 11.9 Å². The van der Waals surface area contributed by atoms with E-state index in [4.69, 9.17) is 5.73 Å². The van der Waals surface area contributed by atoms with Gasteiger partial charge in [0.25, 0.3) is 11.5 Å². The van der Waals surface area contributed by atoms with Crippen molar-refractivity contribution in [3.63, 3.8) is 0 Å². The highest BCUT2D eigenvalue weighted by Crippen LogP contribution is 2.21. The molecule has 0 unspecified atom stereocenters. The normalized spacial score (nSPS) is 11.8. The number of fused-ring (bicyclic) bond motifs is 2. The largest absolute Gasteiger partial charge is 0.381 e. The SMILES string of the molecule is C[C@H](NC(=O)c1c(N)nn2cccnc12)c1nc2[nH]nc(C#Cc3cnn(C)c3)c2c(=O)n1-c1ccccc1. The van der Waals surface area contributed by atoms with E-state index in [0.29, 0.717) is 16.9 Å². The zero-order valence-corrected chi connectivity index (χ0v) is 20.8. The molecule has 1 atom stereocenters. The van der Waals surface area contributed by atoms with Crippen molar-refractivity contribution in [3.05, 3.63) is 94.2 Å². The van der Waals surface area contributed by atoms with Gasteiger partial charge in [0.2, 0.25) is 0 Å². The van der Waals surface area contributed by atoms with Crippen LogP contribution in [0.15, 0.2) is 66.0 Å². The van der Waals surface area contributed by atoms with Crippen LogP contribution < -0.4 is 16.6 Å². The third-order valence-corrected chi connectivity index (χ3v) is 6.05. The molecule has 0 spiro atoms. The molecule has 1 aromatic carbocycles. The van der Waals surface area contributed by atoms with Gasteiger partial charge in [0.05, 0.1) is 23.5 Å². The van der Waals surface area contributed by atoms with Crippen LogP contribution in [0.2, 0.25) is 0 Å². The fraction of sp³-hybridized carbons (Fsp3) is 0.115. The maximum atomic E-state index is 13.9. The van der Waals surface area contributed by atoms with E-state index in [9.17, 15) is 9.59 Å². The lowest BCUT2D eigenvalue weighted by molar-refractivity contribution is 0.0940. The molecule has 13 nitrogen and oxygen atoms in total. The Morgan fingerprint density at radius 3 is 2.77 bits per heavy atom. The molecule has 0 fully saturated rings. The second-order valence-electron chi connectivity index (χ2n) is 8.74. The highest BCUT2D eigenvalue weighted by atomic mass is 16.2. The van der Waals surface area contributed by atoms with Gasteiger partial charge in [0.15, 0.2) is 22.8 Å². The maximum absolute atomic E-state index is 13.9. The van der Waals surface area contributed by atoms with Gasteiger partial charge in [-0.2, -0.15) is 10.2 Å². The molecule has 13 heteroatoms. The first-order chi connectivity index (χ1) is 18.9. The molecule has 6 rings (SSSR count). The van der Waals surface area contributed by atoms with Crippen molar-refractivity contribution in [3.8, 4) is 17.5 Å². The quantitative estimate of drug-likeness (QED) is 0.294. The molecular weight excluding hydrogens is 498 g/mol. The van der Waals surface area contributed by atoms with Gasteiger partial charge in [0, 0.05) is 25.6 Å². The van der Waals surface area contributed by atoms with Crippen molar-refractivity contribution in [1.29, 1.82) is 0 Å². The fourth-order valence-electron chi connectivity index (χ4n) is 4.28. The summed E-state index contributed by atoms with van der Waals surface area (Å²) < 4.78 is 4.50. The number of nitrogens with one attached hydrogen (secondary N) is 2. The third-order valence-electron chi connectivity index (χ3n) is 6.05. The van der Waals surface area contributed by atoms with Crippen molar-refractivity contribution < 1.29 is 4.79 Å². The third kappa shape index (κ3) is 4.15. The van der Waals surface area contributed by atoms with Crippen LogP contribution in [0, 0.1) is 11.8 Å². The van der Waals surface area contributed by atoms with Gasteiger partial charge in [-0.1, -0.05) is 24.1 Å². The topological polar surface area (TPSA) is 167 Å². The molecule has 0 aliphatic carbocycles. The van der Waals surface area contributed by atoms with Crippen molar-refractivity contribution in [2.24, 2.45) is 7.05 Å².